The zero-order valence-electron chi connectivity index (χ0n) is 15.0. The normalized spacial score (nSPS) is 12.4. The van der Waals surface area contributed by atoms with Gasteiger partial charge in [-0.1, -0.05) is 31.2 Å². The van der Waals surface area contributed by atoms with Gasteiger partial charge in [0.2, 0.25) is 0 Å². The van der Waals surface area contributed by atoms with Gasteiger partial charge in [0.05, 0.1) is 17.6 Å². The minimum atomic E-state index is -0.518. The van der Waals surface area contributed by atoms with E-state index in [9.17, 15) is 5.11 Å². The summed E-state index contributed by atoms with van der Waals surface area (Å²) < 4.78 is 7.97. The van der Waals surface area contributed by atoms with Gasteiger partial charge >= 0.3 is 0 Å². The molecule has 0 bridgehead atoms. The molecule has 3 rings (SSSR count). The minimum absolute atomic E-state index is 0.518. The fourth-order valence-corrected chi connectivity index (χ4v) is 3.03. The van der Waals surface area contributed by atoms with Crippen LogP contribution in [0.2, 0.25) is 0 Å². The fraction of sp³-hybridized carbons (Fsp3) is 0.381. The molecule has 25 heavy (non-hydrogen) atoms. The zero-order valence-corrected chi connectivity index (χ0v) is 15.0. The van der Waals surface area contributed by atoms with E-state index in [2.05, 4.69) is 34.7 Å². The van der Waals surface area contributed by atoms with Crippen LogP contribution in [0.15, 0.2) is 48.5 Å². The van der Waals surface area contributed by atoms with Gasteiger partial charge in [0.25, 0.3) is 0 Å². The molecule has 0 amide bonds. The van der Waals surface area contributed by atoms with E-state index >= 15 is 0 Å². The lowest BCUT2D eigenvalue weighted by molar-refractivity contribution is 0.159. The van der Waals surface area contributed by atoms with E-state index in [0.29, 0.717) is 13.0 Å². The van der Waals surface area contributed by atoms with Gasteiger partial charge in [-0.2, -0.15) is 0 Å². The van der Waals surface area contributed by atoms with Crippen molar-refractivity contribution in [2.75, 3.05) is 6.61 Å². The summed E-state index contributed by atoms with van der Waals surface area (Å²) in [7, 11) is 0. The number of hydrogen-bond donors (Lipinski definition) is 1. The van der Waals surface area contributed by atoms with Crippen LogP contribution in [0.1, 0.15) is 43.7 Å². The summed E-state index contributed by atoms with van der Waals surface area (Å²) in [5.41, 5.74) is 3.24. The van der Waals surface area contributed by atoms with Gasteiger partial charge in [-0.3, -0.25) is 0 Å². The number of benzene rings is 2. The van der Waals surface area contributed by atoms with E-state index in [-0.39, 0.29) is 0 Å². The van der Waals surface area contributed by atoms with E-state index in [1.54, 1.807) is 0 Å². The standard InChI is InChI=1S/C21H26N2O2/c1-3-20(24)21-22-18-11-4-5-12-19(18)23(21)13-6-7-14-25-17-10-8-9-16(2)15-17/h4-5,8-12,15,20,24H,3,6-7,13-14H2,1-2H3. The molecule has 0 saturated heterocycles. The minimum Gasteiger partial charge on any atom is -0.494 e. The Labute approximate surface area is 149 Å². The Morgan fingerprint density at radius 2 is 1.96 bits per heavy atom. The van der Waals surface area contributed by atoms with Gasteiger partial charge < -0.3 is 14.4 Å². The first-order valence-corrected chi connectivity index (χ1v) is 9.01. The van der Waals surface area contributed by atoms with Crippen molar-refractivity contribution in [3.63, 3.8) is 0 Å². The highest BCUT2D eigenvalue weighted by Gasteiger charge is 2.16. The van der Waals surface area contributed by atoms with Crippen LogP contribution in [-0.2, 0) is 6.54 Å². The molecule has 0 aliphatic rings. The molecule has 4 nitrogen and oxygen atoms in total. The molecule has 0 aliphatic carbocycles. The Balaban J connectivity index is 1.61. The predicted octanol–water partition coefficient (Wildman–Crippen LogP) is 4.65. The number of fused-ring (bicyclic) bond motifs is 1. The number of aromatic nitrogens is 2. The first kappa shape index (κ1) is 17.5. The summed E-state index contributed by atoms with van der Waals surface area (Å²) in [6.45, 7) is 5.58. The molecule has 3 aromatic rings. The molecule has 0 aliphatic heterocycles. The molecule has 0 radical (unpaired) electrons. The largest absolute Gasteiger partial charge is 0.494 e. The second kappa shape index (κ2) is 8.17. The summed E-state index contributed by atoms with van der Waals surface area (Å²) in [6, 6.07) is 16.2. The molecule has 0 fully saturated rings. The van der Waals surface area contributed by atoms with Gasteiger partial charge in [0.15, 0.2) is 0 Å². The number of para-hydroxylation sites is 2. The van der Waals surface area contributed by atoms with Crippen LogP contribution in [0.25, 0.3) is 11.0 Å². The van der Waals surface area contributed by atoms with E-state index in [0.717, 1.165) is 42.0 Å². The van der Waals surface area contributed by atoms with Gasteiger partial charge in [-0.05, 0) is 56.0 Å². The third kappa shape index (κ3) is 4.20. The number of aryl methyl sites for hydroxylation is 2. The molecule has 0 spiro atoms. The molecule has 0 saturated carbocycles. The average molecular weight is 338 g/mol. The fourth-order valence-electron chi connectivity index (χ4n) is 3.03. The topological polar surface area (TPSA) is 47.3 Å². The van der Waals surface area contributed by atoms with Crippen LogP contribution >= 0.6 is 0 Å². The van der Waals surface area contributed by atoms with Crippen molar-refractivity contribution in [1.82, 2.24) is 9.55 Å². The molecule has 1 atom stereocenters. The molecule has 1 N–H and O–H groups in total. The number of imidazole rings is 1. The maximum absolute atomic E-state index is 10.3. The van der Waals surface area contributed by atoms with Gasteiger partial charge in [-0.15, -0.1) is 0 Å². The van der Waals surface area contributed by atoms with Crippen molar-refractivity contribution in [3.8, 4) is 5.75 Å². The maximum atomic E-state index is 10.3. The van der Waals surface area contributed by atoms with E-state index in [1.165, 1.54) is 5.56 Å². The molecule has 4 heteroatoms. The average Bonchev–Trinajstić information content (AvgIpc) is 2.99. The highest BCUT2D eigenvalue weighted by molar-refractivity contribution is 5.76. The Hall–Kier alpha value is -2.33. The second-order valence-corrected chi connectivity index (χ2v) is 6.41. The number of rotatable bonds is 8. The number of unbranched alkanes of at least 4 members (excludes halogenated alkanes) is 1. The summed E-state index contributed by atoms with van der Waals surface area (Å²) in [5.74, 6) is 1.69. The third-order valence-electron chi connectivity index (χ3n) is 4.40. The summed E-state index contributed by atoms with van der Waals surface area (Å²) >= 11 is 0. The number of nitrogens with zero attached hydrogens (tertiary/aromatic N) is 2. The van der Waals surface area contributed by atoms with Gasteiger partial charge in [0.1, 0.15) is 17.7 Å². The summed E-state index contributed by atoms with van der Waals surface area (Å²) in [5, 5.41) is 10.3. The van der Waals surface area contributed by atoms with Crippen LogP contribution in [0.4, 0.5) is 0 Å². The van der Waals surface area contributed by atoms with Crippen molar-refractivity contribution in [3.05, 3.63) is 59.9 Å². The molecular formula is C21H26N2O2. The second-order valence-electron chi connectivity index (χ2n) is 6.41. The summed E-state index contributed by atoms with van der Waals surface area (Å²) in [6.07, 6.45) is 2.09. The lowest BCUT2D eigenvalue weighted by atomic mass is 10.2. The Morgan fingerprint density at radius 1 is 1.12 bits per heavy atom. The van der Waals surface area contributed by atoms with Crippen LogP contribution in [0.5, 0.6) is 5.75 Å². The molecule has 1 aromatic heterocycles. The molecule has 2 aromatic carbocycles. The van der Waals surface area contributed by atoms with Crippen molar-refractivity contribution < 1.29 is 9.84 Å². The quantitative estimate of drug-likeness (QED) is 0.608. The Bertz CT molecular complexity index is 826. The third-order valence-corrected chi connectivity index (χ3v) is 4.40. The van der Waals surface area contributed by atoms with Crippen molar-refractivity contribution in [2.45, 2.75) is 45.8 Å². The predicted molar refractivity (Wildman–Crippen MR) is 101 cm³/mol. The number of aliphatic hydroxyl groups excluding tert-OH is 1. The Kier molecular flexibility index (Phi) is 5.71. The monoisotopic (exact) mass is 338 g/mol. The van der Waals surface area contributed by atoms with Crippen LogP contribution in [0, 0.1) is 6.92 Å². The van der Waals surface area contributed by atoms with Crippen molar-refractivity contribution in [2.24, 2.45) is 0 Å². The van der Waals surface area contributed by atoms with Gasteiger partial charge in [-0.25, -0.2) is 4.98 Å². The lowest BCUT2D eigenvalue weighted by Crippen LogP contribution is -2.09. The van der Waals surface area contributed by atoms with Crippen LogP contribution < -0.4 is 4.74 Å². The van der Waals surface area contributed by atoms with Gasteiger partial charge in [0, 0.05) is 6.54 Å². The maximum Gasteiger partial charge on any atom is 0.138 e. The highest BCUT2D eigenvalue weighted by atomic mass is 16.5. The number of ether oxygens (including phenoxy) is 1. The van der Waals surface area contributed by atoms with E-state index < -0.39 is 6.10 Å². The first-order valence-electron chi connectivity index (χ1n) is 9.01. The lowest BCUT2D eigenvalue weighted by Gasteiger charge is -2.13. The number of hydrogen-bond acceptors (Lipinski definition) is 3. The zero-order chi connectivity index (χ0) is 17.6. The summed E-state index contributed by atoms with van der Waals surface area (Å²) in [4.78, 5) is 4.62. The molecule has 1 heterocycles. The Morgan fingerprint density at radius 3 is 2.76 bits per heavy atom. The van der Waals surface area contributed by atoms with Crippen molar-refractivity contribution >= 4 is 11.0 Å². The number of aliphatic hydroxyl groups is 1. The molecule has 1 unspecified atom stereocenters. The van der Waals surface area contributed by atoms with E-state index in [1.807, 2.05) is 37.3 Å². The smallest absolute Gasteiger partial charge is 0.138 e. The SMILES string of the molecule is CCC(O)c1nc2ccccc2n1CCCCOc1cccc(C)c1. The van der Waals surface area contributed by atoms with E-state index in [4.69, 9.17) is 4.74 Å². The highest BCUT2D eigenvalue weighted by Crippen LogP contribution is 2.23. The molecular weight excluding hydrogens is 312 g/mol. The molecule has 132 valence electrons. The first-order chi connectivity index (χ1) is 12.2. The van der Waals surface area contributed by atoms with Crippen LogP contribution in [0.3, 0.4) is 0 Å². The van der Waals surface area contributed by atoms with Crippen molar-refractivity contribution in [1.29, 1.82) is 0 Å². The van der Waals surface area contributed by atoms with Crippen LogP contribution in [-0.4, -0.2) is 21.3 Å².